The van der Waals surface area contributed by atoms with Crippen LogP contribution in [0.1, 0.15) is 44.1 Å². The van der Waals surface area contributed by atoms with E-state index in [1.54, 1.807) is 0 Å². The molecular formula is C19H23F3INO2S. The van der Waals surface area contributed by atoms with Gasteiger partial charge in [0, 0.05) is 29.9 Å². The standard InChI is InChI=1S/C19H23F3INO2S/c1-24(17-10-6-15(7-11-17)5-3-2-4-14-23)27(25,26)18-12-8-16(9-13-18)19(20,21)22/h8-9,12-13,15,17H,2,4,6-7,10-11,14H2,1H3/t15-,17-. The molecule has 0 unspecified atom stereocenters. The second-order valence-corrected chi connectivity index (χ2v) is 9.74. The number of halogens is 4. The summed E-state index contributed by atoms with van der Waals surface area (Å²) in [5, 5.41) is 0. The van der Waals surface area contributed by atoms with Gasteiger partial charge in [0.05, 0.1) is 10.5 Å². The molecule has 1 aliphatic carbocycles. The van der Waals surface area contributed by atoms with Gasteiger partial charge in [-0.2, -0.15) is 17.5 Å². The zero-order valence-corrected chi connectivity index (χ0v) is 18.1. The second kappa shape index (κ2) is 9.61. The Morgan fingerprint density at radius 3 is 2.26 bits per heavy atom. The topological polar surface area (TPSA) is 37.4 Å². The lowest BCUT2D eigenvalue weighted by Gasteiger charge is -2.32. The lowest BCUT2D eigenvalue weighted by atomic mass is 9.86. The van der Waals surface area contributed by atoms with E-state index >= 15 is 0 Å². The van der Waals surface area contributed by atoms with Gasteiger partial charge in [-0.25, -0.2) is 8.42 Å². The highest BCUT2D eigenvalue weighted by atomic mass is 127. The number of unbranched alkanes of at least 4 members (excludes halogenated alkanes) is 1. The van der Waals surface area contributed by atoms with Crippen LogP contribution in [0, 0.1) is 17.8 Å². The fraction of sp³-hybridized carbons (Fsp3) is 0.579. The van der Waals surface area contributed by atoms with Crippen LogP contribution in [0.25, 0.3) is 0 Å². The lowest BCUT2D eigenvalue weighted by Crippen LogP contribution is -2.39. The first-order chi connectivity index (χ1) is 12.7. The van der Waals surface area contributed by atoms with Gasteiger partial charge in [0.1, 0.15) is 0 Å². The first kappa shape index (κ1) is 22.5. The molecule has 0 amide bonds. The van der Waals surface area contributed by atoms with E-state index in [1.807, 2.05) is 0 Å². The molecule has 0 N–H and O–H groups in total. The zero-order valence-electron chi connectivity index (χ0n) is 15.1. The Labute approximate surface area is 172 Å². The summed E-state index contributed by atoms with van der Waals surface area (Å²) in [5.74, 6) is 6.78. The molecule has 8 heteroatoms. The molecule has 150 valence electrons. The molecule has 1 saturated carbocycles. The Bertz CT molecular complexity index is 774. The Balaban J connectivity index is 2.00. The van der Waals surface area contributed by atoms with Crippen molar-refractivity contribution in [1.29, 1.82) is 0 Å². The highest BCUT2D eigenvalue weighted by Crippen LogP contribution is 2.32. The molecule has 0 spiro atoms. The summed E-state index contributed by atoms with van der Waals surface area (Å²) in [4.78, 5) is -0.112. The number of alkyl halides is 4. The molecule has 0 atom stereocenters. The first-order valence-corrected chi connectivity index (χ1v) is 11.8. The van der Waals surface area contributed by atoms with Crippen LogP contribution in [0.4, 0.5) is 13.2 Å². The summed E-state index contributed by atoms with van der Waals surface area (Å²) in [7, 11) is -2.31. The minimum atomic E-state index is -4.48. The number of benzene rings is 1. The highest BCUT2D eigenvalue weighted by Gasteiger charge is 2.33. The predicted molar refractivity (Wildman–Crippen MR) is 108 cm³/mol. The van der Waals surface area contributed by atoms with E-state index in [-0.39, 0.29) is 10.9 Å². The van der Waals surface area contributed by atoms with E-state index in [1.165, 1.54) is 11.4 Å². The monoisotopic (exact) mass is 513 g/mol. The van der Waals surface area contributed by atoms with Gasteiger partial charge in [0.2, 0.25) is 10.0 Å². The summed E-state index contributed by atoms with van der Waals surface area (Å²) < 4.78 is 65.8. The summed E-state index contributed by atoms with van der Waals surface area (Å²) in [6, 6.07) is 3.52. The summed E-state index contributed by atoms with van der Waals surface area (Å²) in [6.45, 7) is 0. The number of hydrogen-bond donors (Lipinski definition) is 0. The highest BCUT2D eigenvalue weighted by molar-refractivity contribution is 14.1. The third kappa shape index (κ3) is 6.09. The van der Waals surface area contributed by atoms with Gasteiger partial charge in [-0.3, -0.25) is 0 Å². The fourth-order valence-electron chi connectivity index (χ4n) is 3.13. The molecule has 0 bridgehead atoms. The number of sulfonamides is 1. The van der Waals surface area contributed by atoms with E-state index in [0.717, 1.165) is 54.4 Å². The van der Waals surface area contributed by atoms with Crippen molar-refractivity contribution in [3.05, 3.63) is 29.8 Å². The minimum Gasteiger partial charge on any atom is -0.207 e. The average molecular weight is 513 g/mol. The molecule has 0 saturated heterocycles. The Hall–Kier alpha value is -0.790. The Morgan fingerprint density at radius 1 is 1.15 bits per heavy atom. The molecule has 0 radical (unpaired) electrons. The quantitative estimate of drug-likeness (QED) is 0.238. The Morgan fingerprint density at radius 2 is 1.74 bits per heavy atom. The molecule has 1 aliphatic rings. The van der Waals surface area contributed by atoms with E-state index in [9.17, 15) is 21.6 Å². The van der Waals surface area contributed by atoms with Crippen LogP contribution in [-0.2, 0) is 16.2 Å². The molecule has 27 heavy (non-hydrogen) atoms. The molecular weight excluding hydrogens is 490 g/mol. The fourth-order valence-corrected chi connectivity index (χ4v) is 4.93. The largest absolute Gasteiger partial charge is 0.416 e. The third-order valence-corrected chi connectivity index (χ3v) is 7.50. The van der Waals surface area contributed by atoms with Crippen molar-refractivity contribution < 1.29 is 21.6 Å². The smallest absolute Gasteiger partial charge is 0.207 e. The SMILES string of the molecule is CN([C@H]1CC[C@H](C#CCCCI)CC1)S(=O)(=O)c1ccc(C(F)(F)F)cc1. The minimum absolute atomic E-state index is 0.112. The summed E-state index contributed by atoms with van der Waals surface area (Å²) in [6.07, 6.45) is 0.597. The molecule has 1 aromatic rings. The number of nitrogens with zero attached hydrogens (tertiary/aromatic N) is 1. The zero-order chi connectivity index (χ0) is 20.1. The van der Waals surface area contributed by atoms with Crippen molar-refractivity contribution in [2.75, 3.05) is 11.5 Å². The van der Waals surface area contributed by atoms with Gasteiger partial charge >= 0.3 is 6.18 Å². The molecule has 1 aromatic carbocycles. The predicted octanol–water partition coefficient (Wildman–Crippen LogP) is 5.10. The maximum absolute atomic E-state index is 12.7. The van der Waals surface area contributed by atoms with E-state index in [0.29, 0.717) is 18.8 Å². The van der Waals surface area contributed by atoms with Crippen molar-refractivity contribution >= 4 is 32.6 Å². The van der Waals surface area contributed by atoms with E-state index < -0.39 is 21.8 Å². The van der Waals surface area contributed by atoms with Gasteiger partial charge in [0.15, 0.2) is 0 Å². The van der Waals surface area contributed by atoms with Crippen molar-refractivity contribution in [2.24, 2.45) is 5.92 Å². The van der Waals surface area contributed by atoms with Gasteiger partial charge in [-0.15, -0.1) is 5.92 Å². The normalized spacial score (nSPS) is 21.0. The van der Waals surface area contributed by atoms with Crippen molar-refractivity contribution in [3.8, 4) is 11.8 Å². The van der Waals surface area contributed by atoms with Gasteiger partial charge in [0.25, 0.3) is 0 Å². The number of hydrogen-bond acceptors (Lipinski definition) is 2. The third-order valence-electron chi connectivity index (χ3n) is 4.81. The maximum atomic E-state index is 12.7. The van der Waals surface area contributed by atoms with Crippen LogP contribution < -0.4 is 0 Å². The van der Waals surface area contributed by atoms with Crippen molar-refractivity contribution in [2.45, 2.75) is 55.6 Å². The molecule has 0 aromatic heterocycles. The average Bonchev–Trinajstić information content (AvgIpc) is 2.64. The molecule has 2 rings (SSSR count). The van der Waals surface area contributed by atoms with Gasteiger partial charge in [-0.1, -0.05) is 28.5 Å². The van der Waals surface area contributed by atoms with Gasteiger partial charge in [-0.05, 0) is 56.4 Å². The summed E-state index contributed by atoms with van der Waals surface area (Å²) in [5.41, 5.74) is -0.856. The van der Waals surface area contributed by atoms with Crippen LogP contribution in [0.3, 0.4) is 0 Å². The van der Waals surface area contributed by atoms with E-state index in [2.05, 4.69) is 34.4 Å². The Kier molecular flexibility index (Phi) is 8.01. The van der Waals surface area contributed by atoms with Gasteiger partial charge < -0.3 is 0 Å². The van der Waals surface area contributed by atoms with Crippen LogP contribution in [0.15, 0.2) is 29.2 Å². The van der Waals surface area contributed by atoms with Crippen LogP contribution in [0.2, 0.25) is 0 Å². The lowest BCUT2D eigenvalue weighted by molar-refractivity contribution is -0.137. The molecule has 0 aliphatic heterocycles. The maximum Gasteiger partial charge on any atom is 0.416 e. The van der Waals surface area contributed by atoms with Crippen molar-refractivity contribution in [3.63, 3.8) is 0 Å². The second-order valence-electron chi connectivity index (χ2n) is 6.66. The van der Waals surface area contributed by atoms with Crippen LogP contribution >= 0.6 is 22.6 Å². The van der Waals surface area contributed by atoms with Crippen LogP contribution in [-0.4, -0.2) is 30.2 Å². The molecule has 0 heterocycles. The first-order valence-electron chi connectivity index (χ1n) is 8.86. The van der Waals surface area contributed by atoms with Crippen LogP contribution in [0.5, 0.6) is 0 Å². The number of rotatable bonds is 5. The summed E-state index contributed by atoms with van der Waals surface area (Å²) >= 11 is 2.32. The molecule has 1 fully saturated rings. The molecule has 3 nitrogen and oxygen atoms in total. The van der Waals surface area contributed by atoms with Crippen molar-refractivity contribution in [1.82, 2.24) is 4.31 Å². The van der Waals surface area contributed by atoms with E-state index in [4.69, 9.17) is 0 Å².